The molecule has 0 fully saturated rings. The molecule has 0 unspecified atom stereocenters. The molecule has 2 N–H and O–H groups in total. The Bertz CT molecular complexity index is 846. The Labute approximate surface area is 146 Å². The van der Waals surface area contributed by atoms with E-state index in [1.165, 1.54) is 24.7 Å². The first-order valence-electron chi connectivity index (χ1n) is 7.74. The Morgan fingerprint density at radius 1 is 1.44 bits per heavy atom. The molecule has 1 atom stereocenters. The SMILES string of the molecule is [C-]#[N+]c1ccc(CC(=O)[C@@](C)(O)Cn2cc(NC(C)=O)cn2)cc1C. The van der Waals surface area contributed by atoms with E-state index in [9.17, 15) is 14.7 Å². The molecule has 1 amide bonds. The predicted molar refractivity (Wildman–Crippen MR) is 93.3 cm³/mol. The third-order valence-corrected chi connectivity index (χ3v) is 3.77. The smallest absolute Gasteiger partial charge is 0.221 e. The van der Waals surface area contributed by atoms with Crippen molar-refractivity contribution in [3.8, 4) is 0 Å². The molecule has 130 valence electrons. The molecule has 0 radical (unpaired) electrons. The number of anilines is 1. The third-order valence-electron chi connectivity index (χ3n) is 3.77. The van der Waals surface area contributed by atoms with E-state index in [0.717, 1.165) is 11.1 Å². The fourth-order valence-electron chi connectivity index (χ4n) is 2.45. The number of aliphatic hydroxyl groups is 1. The standard InChI is InChI=1S/C18H20N4O3/c1-12-7-14(5-6-16(12)19-4)8-17(24)18(3,25)11-22-10-15(9-20-22)21-13(2)23/h5-7,9-10,25H,8,11H2,1-3H3,(H,21,23)/t18-/m0/s1. The number of nitrogens with one attached hydrogen (secondary N) is 1. The second kappa shape index (κ2) is 7.28. The summed E-state index contributed by atoms with van der Waals surface area (Å²) in [5.74, 6) is -0.570. The zero-order valence-electron chi connectivity index (χ0n) is 14.4. The van der Waals surface area contributed by atoms with Gasteiger partial charge in [0, 0.05) is 19.5 Å². The van der Waals surface area contributed by atoms with E-state index in [2.05, 4.69) is 15.3 Å². The van der Waals surface area contributed by atoms with Gasteiger partial charge in [-0.3, -0.25) is 14.3 Å². The number of rotatable bonds is 6. The molecule has 2 aromatic rings. The maximum absolute atomic E-state index is 12.5. The molecule has 2 rings (SSSR count). The minimum Gasteiger partial charge on any atom is -0.380 e. The quantitative estimate of drug-likeness (QED) is 0.790. The van der Waals surface area contributed by atoms with E-state index in [1.807, 2.05) is 6.92 Å². The number of Topliss-reactive ketones (excluding diaryl/α,β-unsaturated/α-hetero) is 1. The van der Waals surface area contributed by atoms with Crippen LogP contribution in [0.5, 0.6) is 0 Å². The van der Waals surface area contributed by atoms with Crippen molar-refractivity contribution in [2.75, 3.05) is 5.32 Å². The lowest BCUT2D eigenvalue weighted by atomic mass is 9.94. The fraction of sp³-hybridized carbons (Fsp3) is 0.333. The van der Waals surface area contributed by atoms with Gasteiger partial charge in [0.1, 0.15) is 5.60 Å². The van der Waals surface area contributed by atoms with Gasteiger partial charge in [-0.15, -0.1) is 0 Å². The summed E-state index contributed by atoms with van der Waals surface area (Å²) in [7, 11) is 0. The van der Waals surface area contributed by atoms with Crippen LogP contribution in [-0.4, -0.2) is 32.2 Å². The maximum atomic E-state index is 12.5. The molecule has 0 bridgehead atoms. The highest BCUT2D eigenvalue weighted by molar-refractivity contribution is 5.89. The van der Waals surface area contributed by atoms with Crippen molar-refractivity contribution in [2.45, 2.75) is 39.3 Å². The van der Waals surface area contributed by atoms with E-state index in [4.69, 9.17) is 6.57 Å². The summed E-state index contributed by atoms with van der Waals surface area (Å²) in [6, 6.07) is 5.17. The summed E-state index contributed by atoms with van der Waals surface area (Å²) in [6.45, 7) is 11.7. The molecular formula is C18H20N4O3. The van der Waals surface area contributed by atoms with Gasteiger partial charge >= 0.3 is 0 Å². The van der Waals surface area contributed by atoms with Crippen LogP contribution in [-0.2, 0) is 22.6 Å². The van der Waals surface area contributed by atoms with Crippen molar-refractivity contribution in [3.05, 3.63) is 53.1 Å². The average Bonchev–Trinajstić information content (AvgIpc) is 2.92. The molecule has 25 heavy (non-hydrogen) atoms. The highest BCUT2D eigenvalue weighted by Crippen LogP contribution is 2.21. The Hall–Kier alpha value is -2.98. The van der Waals surface area contributed by atoms with Crippen LogP contribution in [0.3, 0.4) is 0 Å². The lowest BCUT2D eigenvalue weighted by Gasteiger charge is -2.22. The highest BCUT2D eigenvalue weighted by atomic mass is 16.3. The number of hydrogen-bond acceptors (Lipinski definition) is 4. The van der Waals surface area contributed by atoms with Gasteiger partial charge in [-0.1, -0.05) is 18.2 Å². The predicted octanol–water partition coefficient (Wildman–Crippen LogP) is 2.26. The van der Waals surface area contributed by atoms with E-state index in [-0.39, 0.29) is 24.7 Å². The van der Waals surface area contributed by atoms with Gasteiger partial charge in [0.2, 0.25) is 5.91 Å². The van der Waals surface area contributed by atoms with Crippen molar-refractivity contribution in [1.29, 1.82) is 0 Å². The second-order valence-corrected chi connectivity index (χ2v) is 6.21. The monoisotopic (exact) mass is 340 g/mol. The number of carbonyl (C=O) groups excluding carboxylic acids is 2. The number of carbonyl (C=O) groups is 2. The van der Waals surface area contributed by atoms with Crippen molar-refractivity contribution in [1.82, 2.24) is 9.78 Å². The normalized spacial score (nSPS) is 12.9. The van der Waals surface area contributed by atoms with E-state index in [0.29, 0.717) is 11.4 Å². The summed E-state index contributed by atoms with van der Waals surface area (Å²) in [6.07, 6.45) is 3.07. The van der Waals surface area contributed by atoms with Crippen LogP contribution in [0.25, 0.3) is 4.85 Å². The van der Waals surface area contributed by atoms with Crippen LogP contribution in [0.4, 0.5) is 11.4 Å². The van der Waals surface area contributed by atoms with Crippen LogP contribution >= 0.6 is 0 Å². The van der Waals surface area contributed by atoms with Gasteiger partial charge in [-0.2, -0.15) is 5.10 Å². The molecule has 1 aromatic heterocycles. The number of benzene rings is 1. The minimum absolute atomic E-state index is 0.0233. The van der Waals surface area contributed by atoms with Gasteiger partial charge in [-0.25, -0.2) is 4.85 Å². The Morgan fingerprint density at radius 2 is 2.16 bits per heavy atom. The molecule has 0 aliphatic carbocycles. The summed E-state index contributed by atoms with van der Waals surface area (Å²) < 4.78 is 1.41. The summed E-state index contributed by atoms with van der Waals surface area (Å²) in [5, 5.41) is 17.1. The topological polar surface area (TPSA) is 88.6 Å². The molecule has 0 aliphatic rings. The van der Waals surface area contributed by atoms with Crippen LogP contribution in [0.2, 0.25) is 0 Å². The second-order valence-electron chi connectivity index (χ2n) is 6.21. The Kier molecular flexibility index (Phi) is 5.35. The first-order valence-corrected chi connectivity index (χ1v) is 7.74. The van der Waals surface area contributed by atoms with Gasteiger partial charge in [-0.05, 0) is 25.0 Å². The van der Waals surface area contributed by atoms with Gasteiger partial charge in [0.15, 0.2) is 11.5 Å². The summed E-state index contributed by atoms with van der Waals surface area (Å²) in [4.78, 5) is 26.9. The number of ketones is 1. The first-order chi connectivity index (χ1) is 11.7. The average molecular weight is 340 g/mol. The van der Waals surface area contributed by atoms with Crippen LogP contribution in [0, 0.1) is 13.5 Å². The molecule has 0 aliphatic heterocycles. The molecule has 7 heteroatoms. The van der Waals surface area contributed by atoms with Gasteiger partial charge in [0.25, 0.3) is 0 Å². The van der Waals surface area contributed by atoms with E-state index in [1.54, 1.807) is 24.4 Å². The molecule has 7 nitrogen and oxygen atoms in total. The van der Waals surface area contributed by atoms with Crippen molar-refractivity contribution in [2.24, 2.45) is 0 Å². The lowest BCUT2D eigenvalue weighted by Crippen LogP contribution is -2.40. The van der Waals surface area contributed by atoms with Crippen molar-refractivity contribution < 1.29 is 14.7 Å². The molecule has 0 saturated heterocycles. The number of aromatic nitrogens is 2. The Balaban J connectivity index is 2.06. The molecule has 0 spiro atoms. The lowest BCUT2D eigenvalue weighted by molar-refractivity contribution is -0.136. The molecule has 1 aromatic carbocycles. The van der Waals surface area contributed by atoms with Crippen LogP contribution in [0.15, 0.2) is 30.6 Å². The van der Waals surface area contributed by atoms with E-state index < -0.39 is 5.60 Å². The van der Waals surface area contributed by atoms with Crippen LogP contribution in [0.1, 0.15) is 25.0 Å². The first kappa shape index (κ1) is 18.4. The number of nitrogens with zero attached hydrogens (tertiary/aromatic N) is 3. The van der Waals surface area contributed by atoms with E-state index >= 15 is 0 Å². The molecule has 1 heterocycles. The zero-order valence-corrected chi connectivity index (χ0v) is 14.4. The zero-order chi connectivity index (χ0) is 18.6. The van der Waals surface area contributed by atoms with Crippen molar-refractivity contribution in [3.63, 3.8) is 0 Å². The maximum Gasteiger partial charge on any atom is 0.221 e. The molecule has 0 saturated carbocycles. The third kappa shape index (κ3) is 4.75. The number of amides is 1. The van der Waals surface area contributed by atoms with Crippen LogP contribution < -0.4 is 5.32 Å². The molecular weight excluding hydrogens is 320 g/mol. The van der Waals surface area contributed by atoms with Gasteiger partial charge < -0.3 is 10.4 Å². The number of aryl methyl sites for hydroxylation is 1. The number of hydrogen-bond donors (Lipinski definition) is 2. The van der Waals surface area contributed by atoms with Gasteiger partial charge in [0.05, 0.1) is 25.0 Å². The van der Waals surface area contributed by atoms with Crippen molar-refractivity contribution >= 4 is 23.1 Å². The largest absolute Gasteiger partial charge is 0.380 e. The fourth-order valence-corrected chi connectivity index (χ4v) is 2.45. The Morgan fingerprint density at radius 3 is 2.76 bits per heavy atom. The summed E-state index contributed by atoms with van der Waals surface area (Å²) >= 11 is 0. The summed E-state index contributed by atoms with van der Waals surface area (Å²) in [5.41, 5.74) is 0.985. The highest BCUT2D eigenvalue weighted by Gasteiger charge is 2.31. The minimum atomic E-state index is -1.61.